The number of nitrogens with zero attached hydrogens (tertiary/aromatic N) is 1. The standard InChI is InChI=1S/C15H8Cl2F2N2OS3/c16-12-4-8(14(17)25-12)11-5-24-15(20-11)21-13(22)6-23-7-1-2-9(18)10(19)3-7/h1-5H,6H2,(H,20,21,22). The lowest BCUT2D eigenvalue weighted by atomic mass is 10.3. The van der Waals surface area contributed by atoms with Crippen molar-refractivity contribution >= 4 is 68.7 Å². The van der Waals surface area contributed by atoms with Crippen molar-refractivity contribution in [1.29, 1.82) is 0 Å². The van der Waals surface area contributed by atoms with Crippen LogP contribution in [0, 0.1) is 11.6 Å². The summed E-state index contributed by atoms with van der Waals surface area (Å²) in [6, 6.07) is 5.21. The number of carbonyl (C=O) groups excluding carboxylic acids is 1. The highest BCUT2D eigenvalue weighted by atomic mass is 35.5. The number of thiazole rings is 1. The zero-order chi connectivity index (χ0) is 18.0. The summed E-state index contributed by atoms with van der Waals surface area (Å²) in [7, 11) is 0. The van der Waals surface area contributed by atoms with E-state index in [0.29, 0.717) is 30.0 Å². The molecule has 3 aromatic rings. The summed E-state index contributed by atoms with van der Waals surface area (Å²) in [5, 5.41) is 4.85. The molecule has 10 heteroatoms. The molecule has 2 heterocycles. The van der Waals surface area contributed by atoms with E-state index in [4.69, 9.17) is 23.2 Å². The van der Waals surface area contributed by atoms with Gasteiger partial charge < -0.3 is 5.32 Å². The maximum atomic E-state index is 13.1. The Morgan fingerprint density at radius 3 is 2.72 bits per heavy atom. The van der Waals surface area contributed by atoms with E-state index in [1.54, 1.807) is 11.4 Å². The summed E-state index contributed by atoms with van der Waals surface area (Å²) < 4.78 is 27.1. The van der Waals surface area contributed by atoms with Crippen molar-refractivity contribution < 1.29 is 13.6 Å². The minimum absolute atomic E-state index is 0.0466. The van der Waals surface area contributed by atoms with Gasteiger partial charge in [-0.2, -0.15) is 0 Å². The first kappa shape index (κ1) is 18.6. The van der Waals surface area contributed by atoms with Gasteiger partial charge in [0.25, 0.3) is 0 Å². The van der Waals surface area contributed by atoms with Gasteiger partial charge in [-0.3, -0.25) is 4.79 Å². The SMILES string of the molecule is O=C(CSc1ccc(F)c(F)c1)Nc1nc(-c2cc(Cl)sc2Cl)cs1. The van der Waals surface area contributed by atoms with E-state index >= 15 is 0 Å². The molecule has 0 spiro atoms. The molecule has 25 heavy (non-hydrogen) atoms. The van der Waals surface area contributed by atoms with E-state index in [2.05, 4.69) is 10.3 Å². The summed E-state index contributed by atoms with van der Waals surface area (Å²) in [6.07, 6.45) is 0. The molecule has 2 aromatic heterocycles. The minimum atomic E-state index is -0.943. The Hall–Kier alpha value is -1.19. The predicted molar refractivity (Wildman–Crippen MR) is 101 cm³/mol. The first-order valence-corrected chi connectivity index (χ1v) is 10.1. The molecule has 0 aliphatic rings. The van der Waals surface area contributed by atoms with Gasteiger partial charge >= 0.3 is 0 Å². The number of aromatic nitrogens is 1. The fourth-order valence-corrected chi connectivity index (χ4v) is 4.77. The summed E-state index contributed by atoms with van der Waals surface area (Å²) in [5.74, 6) is -2.12. The molecule has 1 aromatic carbocycles. The van der Waals surface area contributed by atoms with Gasteiger partial charge in [0.15, 0.2) is 16.8 Å². The summed E-state index contributed by atoms with van der Waals surface area (Å²) in [6.45, 7) is 0. The second-order valence-corrected chi connectivity index (χ2v) is 8.88. The predicted octanol–water partition coefficient (Wildman–Crippen LogP) is 6.19. The smallest absolute Gasteiger partial charge is 0.236 e. The van der Waals surface area contributed by atoms with Gasteiger partial charge in [-0.1, -0.05) is 23.2 Å². The summed E-state index contributed by atoms with van der Waals surface area (Å²) >= 11 is 15.6. The van der Waals surface area contributed by atoms with Crippen molar-refractivity contribution in [3.05, 3.63) is 50.0 Å². The molecule has 0 unspecified atom stereocenters. The first-order valence-electron chi connectivity index (χ1n) is 6.71. The fraction of sp³-hybridized carbons (Fsp3) is 0.0667. The van der Waals surface area contributed by atoms with E-state index in [0.717, 1.165) is 23.9 Å². The molecule has 130 valence electrons. The summed E-state index contributed by atoms with van der Waals surface area (Å²) in [5.41, 5.74) is 1.34. The van der Waals surface area contributed by atoms with Crippen LogP contribution >= 0.6 is 57.6 Å². The van der Waals surface area contributed by atoms with Crippen molar-refractivity contribution in [3.8, 4) is 11.3 Å². The number of rotatable bonds is 5. The van der Waals surface area contributed by atoms with Crippen LogP contribution < -0.4 is 5.32 Å². The highest BCUT2D eigenvalue weighted by Crippen LogP contribution is 2.39. The molecular weight excluding hydrogens is 429 g/mol. The van der Waals surface area contributed by atoms with Crippen molar-refractivity contribution in [3.63, 3.8) is 0 Å². The van der Waals surface area contributed by atoms with Crippen LogP contribution in [0.3, 0.4) is 0 Å². The number of carbonyl (C=O) groups is 1. The maximum Gasteiger partial charge on any atom is 0.236 e. The van der Waals surface area contributed by atoms with Gasteiger partial charge in [-0.05, 0) is 24.3 Å². The lowest BCUT2D eigenvalue weighted by Gasteiger charge is -2.03. The van der Waals surface area contributed by atoms with E-state index in [1.165, 1.54) is 28.7 Å². The zero-order valence-corrected chi connectivity index (χ0v) is 16.1. The average molecular weight is 437 g/mol. The molecule has 0 saturated heterocycles. The molecule has 0 bridgehead atoms. The molecular formula is C15H8Cl2F2N2OS3. The van der Waals surface area contributed by atoms with Crippen molar-refractivity contribution in [1.82, 2.24) is 4.98 Å². The third-order valence-corrected chi connectivity index (χ3v) is 6.18. The van der Waals surface area contributed by atoms with Crippen molar-refractivity contribution in [2.24, 2.45) is 0 Å². The van der Waals surface area contributed by atoms with E-state index < -0.39 is 11.6 Å². The lowest BCUT2D eigenvalue weighted by molar-refractivity contribution is -0.113. The topological polar surface area (TPSA) is 42.0 Å². The third kappa shape index (κ3) is 4.71. The summed E-state index contributed by atoms with van der Waals surface area (Å²) in [4.78, 5) is 16.7. The number of thioether (sulfide) groups is 1. The Balaban J connectivity index is 1.60. The molecule has 0 aliphatic heterocycles. The largest absolute Gasteiger partial charge is 0.301 e. The van der Waals surface area contributed by atoms with E-state index in [-0.39, 0.29) is 11.7 Å². The molecule has 3 nitrogen and oxygen atoms in total. The van der Waals surface area contributed by atoms with Gasteiger partial charge in [0, 0.05) is 15.8 Å². The number of benzene rings is 1. The Kier molecular flexibility index (Phi) is 5.96. The maximum absolute atomic E-state index is 13.1. The number of nitrogens with one attached hydrogen (secondary N) is 1. The van der Waals surface area contributed by atoms with E-state index in [1.807, 2.05) is 0 Å². The number of hydrogen-bond acceptors (Lipinski definition) is 5. The molecule has 0 aliphatic carbocycles. The lowest BCUT2D eigenvalue weighted by Crippen LogP contribution is -2.13. The van der Waals surface area contributed by atoms with Crippen LogP contribution in [0.1, 0.15) is 0 Å². The van der Waals surface area contributed by atoms with Gasteiger partial charge in [-0.15, -0.1) is 34.4 Å². The molecule has 3 rings (SSSR count). The monoisotopic (exact) mass is 436 g/mol. The third-order valence-electron chi connectivity index (χ3n) is 2.94. The van der Waals surface area contributed by atoms with Gasteiger partial charge in [0.1, 0.15) is 4.34 Å². The van der Waals surface area contributed by atoms with Crippen LogP contribution in [0.4, 0.5) is 13.9 Å². The minimum Gasteiger partial charge on any atom is -0.301 e. The normalized spacial score (nSPS) is 10.9. The van der Waals surface area contributed by atoms with Crippen LogP contribution in [-0.2, 0) is 4.79 Å². The molecule has 0 radical (unpaired) electrons. The molecule has 0 atom stereocenters. The van der Waals surface area contributed by atoms with Gasteiger partial charge in [0.05, 0.1) is 15.8 Å². The van der Waals surface area contributed by atoms with Crippen LogP contribution in [0.2, 0.25) is 8.67 Å². The fourth-order valence-electron chi connectivity index (χ4n) is 1.84. The Bertz CT molecular complexity index is 929. The van der Waals surface area contributed by atoms with Gasteiger partial charge in [0.2, 0.25) is 5.91 Å². The number of thiophene rings is 1. The number of hydrogen-bond donors (Lipinski definition) is 1. The van der Waals surface area contributed by atoms with Crippen LogP contribution in [0.15, 0.2) is 34.5 Å². The second kappa shape index (κ2) is 8.01. The Morgan fingerprint density at radius 2 is 2.04 bits per heavy atom. The van der Waals surface area contributed by atoms with Crippen LogP contribution in [0.25, 0.3) is 11.3 Å². The van der Waals surface area contributed by atoms with Crippen molar-refractivity contribution in [2.45, 2.75) is 4.90 Å². The first-order chi connectivity index (χ1) is 11.9. The highest BCUT2D eigenvalue weighted by Gasteiger charge is 2.13. The Labute approximate surface area is 164 Å². The van der Waals surface area contributed by atoms with Crippen molar-refractivity contribution in [2.75, 3.05) is 11.1 Å². The number of amides is 1. The molecule has 1 amide bonds. The number of anilines is 1. The Morgan fingerprint density at radius 1 is 1.24 bits per heavy atom. The van der Waals surface area contributed by atoms with Gasteiger partial charge in [-0.25, -0.2) is 13.8 Å². The molecule has 1 N–H and O–H groups in total. The highest BCUT2D eigenvalue weighted by molar-refractivity contribution is 8.00. The van der Waals surface area contributed by atoms with E-state index in [9.17, 15) is 13.6 Å². The molecule has 0 saturated carbocycles. The average Bonchev–Trinajstić information content (AvgIpc) is 3.14. The number of halogens is 4. The second-order valence-electron chi connectivity index (χ2n) is 4.69. The van der Waals surface area contributed by atoms with Crippen LogP contribution in [0.5, 0.6) is 0 Å². The van der Waals surface area contributed by atoms with Crippen LogP contribution in [-0.4, -0.2) is 16.6 Å². The molecule has 0 fully saturated rings. The quantitative estimate of drug-likeness (QED) is 0.484. The zero-order valence-electron chi connectivity index (χ0n) is 12.2.